The first-order valence-corrected chi connectivity index (χ1v) is 7.84. The molecule has 6 heteroatoms. The van der Waals surface area contributed by atoms with Crippen molar-refractivity contribution in [1.82, 2.24) is 20.0 Å². The number of hydrogen-bond acceptors (Lipinski definition) is 5. The molecule has 22 heavy (non-hydrogen) atoms. The number of hydrogen-bond donors (Lipinski definition) is 0. The molecule has 0 N–H and O–H groups in total. The molecule has 6 nitrogen and oxygen atoms in total. The Morgan fingerprint density at radius 3 is 2.64 bits per heavy atom. The summed E-state index contributed by atoms with van der Waals surface area (Å²) in [6, 6.07) is 3.71. The van der Waals surface area contributed by atoms with Gasteiger partial charge in [-0.25, -0.2) is 0 Å². The van der Waals surface area contributed by atoms with Gasteiger partial charge in [0.25, 0.3) is 0 Å². The van der Waals surface area contributed by atoms with E-state index in [0.717, 1.165) is 18.4 Å². The van der Waals surface area contributed by atoms with Crippen molar-refractivity contribution in [2.24, 2.45) is 5.92 Å². The van der Waals surface area contributed by atoms with Crippen molar-refractivity contribution in [2.45, 2.75) is 31.6 Å². The minimum Gasteiger partial charge on any atom is -0.341 e. The highest BCUT2D eigenvalue weighted by Crippen LogP contribution is 2.32. The highest BCUT2D eigenvalue weighted by molar-refractivity contribution is 5.80. The molecule has 1 aliphatic heterocycles. The first kappa shape index (κ1) is 13.4. The highest BCUT2D eigenvalue weighted by atomic mass is 16.5. The Morgan fingerprint density at radius 1 is 1.18 bits per heavy atom. The number of amides is 1. The van der Waals surface area contributed by atoms with Crippen molar-refractivity contribution in [1.29, 1.82) is 0 Å². The van der Waals surface area contributed by atoms with E-state index >= 15 is 0 Å². The van der Waals surface area contributed by atoms with Gasteiger partial charge >= 0.3 is 0 Å². The Balaban J connectivity index is 1.39. The normalized spacial score (nSPS) is 19.4. The third kappa shape index (κ3) is 2.38. The molecule has 4 rings (SSSR count). The predicted octanol–water partition coefficient (Wildman–Crippen LogP) is 2.25. The van der Waals surface area contributed by atoms with Crippen LogP contribution in [0.15, 0.2) is 29.0 Å². The lowest BCUT2D eigenvalue weighted by Gasteiger charge is -2.38. The maximum atomic E-state index is 12.3. The molecule has 1 saturated carbocycles. The van der Waals surface area contributed by atoms with Crippen LogP contribution in [0.25, 0.3) is 11.4 Å². The summed E-state index contributed by atoms with van der Waals surface area (Å²) in [6.07, 6.45) is 7.88. The number of carbonyl (C=O) groups excluding carboxylic acids is 1. The van der Waals surface area contributed by atoms with Gasteiger partial charge in [0, 0.05) is 37.0 Å². The van der Waals surface area contributed by atoms with Gasteiger partial charge in [0.2, 0.25) is 17.6 Å². The Morgan fingerprint density at radius 2 is 1.91 bits per heavy atom. The molecule has 0 unspecified atom stereocenters. The molecule has 0 bridgehead atoms. The number of rotatable bonds is 3. The van der Waals surface area contributed by atoms with Gasteiger partial charge in [-0.05, 0) is 25.0 Å². The van der Waals surface area contributed by atoms with Crippen LogP contribution in [0.5, 0.6) is 0 Å². The Kier molecular flexibility index (Phi) is 3.36. The van der Waals surface area contributed by atoms with Gasteiger partial charge in [-0.3, -0.25) is 9.78 Å². The first-order chi connectivity index (χ1) is 10.8. The van der Waals surface area contributed by atoms with Crippen LogP contribution in [-0.2, 0) is 4.79 Å². The summed E-state index contributed by atoms with van der Waals surface area (Å²) in [5.74, 6) is 1.94. The molecule has 114 valence electrons. The molecule has 2 aromatic heterocycles. The van der Waals surface area contributed by atoms with E-state index in [1.807, 2.05) is 17.0 Å². The topological polar surface area (TPSA) is 72.1 Å². The first-order valence-electron chi connectivity index (χ1n) is 7.84. The Hall–Kier alpha value is -2.24. The van der Waals surface area contributed by atoms with Crippen molar-refractivity contribution < 1.29 is 9.32 Å². The summed E-state index contributed by atoms with van der Waals surface area (Å²) in [5, 5.41) is 4.02. The van der Waals surface area contributed by atoms with Crippen LogP contribution in [0.3, 0.4) is 0 Å². The number of likely N-dealkylation sites (tertiary alicyclic amines) is 1. The van der Waals surface area contributed by atoms with Gasteiger partial charge in [0.15, 0.2) is 0 Å². The lowest BCUT2D eigenvalue weighted by molar-refractivity contribution is -0.140. The second kappa shape index (κ2) is 5.51. The van der Waals surface area contributed by atoms with E-state index in [1.54, 1.807) is 12.4 Å². The zero-order valence-electron chi connectivity index (χ0n) is 12.3. The maximum Gasteiger partial charge on any atom is 0.233 e. The van der Waals surface area contributed by atoms with Gasteiger partial charge in [-0.15, -0.1) is 0 Å². The average Bonchev–Trinajstić information content (AvgIpc) is 3.18. The number of pyridine rings is 1. The molecule has 3 heterocycles. The van der Waals surface area contributed by atoms with Gasteiger partial charge in [-0.2, -0.15) is 4.98 Å². The molecular formula is C16H18N4O2. The largest absolute Gasteiger partial charge is 0.341 e. The summed E-state index contributed by atoms with van der Waals surface area (Å²) in [4.78, 5) is 22.6. The second-order valence-electron chi connectivity index (χ2n) is 6.11. The fraction of sp³-hybridized carbons (Fsp3) is 0.500. The molecule has 1 amide bonds. The van der Waals surface area contributed by atoms with Gasteiger partial charge in [0.05, 0.1) is 5.92 Å². The van der Waals surface area contributed by atoms with Crippen molar-refractivity contribution in [3.8, 4) is 11.4 Å². The third-order valence-electron chi connectivity index (χ3n) is 4.63. The molecule has 0 aromatic carbocycles. The fourth-order valence-corrected chi connectivity index (χ4v) is 3.26. The molecule has 0 atom stereocenters. The molecule has 2 fully saturated rings. The summed E-state index contributed by atoms with van der Waals surface area (Å²) in [5.41, 5.74) is 0.892. The van der Waals surface area contributed by atoms with Crippen LogP contribution in [0, 0.1) is 5.92 Å². The van der Waals surface area contributed by atoms with E-state index in [-0.39, 0.29) is 11.8 Å². The van der Waals surface area contributed by atoms with E-state index < -0.39 is 0 Å². The number of aromatic nitrogens is 3. The van der Waals surface area contributed by atoms with Crippen molar-refractivity contribution in [2.75, 3.05) is 13.1 Å². The van der Waals surface area contributed by atoms with Crippen LogP contribution < -0.4 is 0 Å². The Labute approximate surface area is 128 Å². The zero-order valence-corrected chi connectivity index (χ0v) is 12.3. The molecule has 1 aliphatic carbocycles. The van der Waals surface area contributed by atoms with Crippen molar-refractivity contribution >= 4 is 5.91 Å². The maximum absolute atomic E-state index is 12.3. The van der Waals surface area contributed by atoms with Crippen LogP contribution in [-0.4, -0.2) is 39.0 Å². The van der Waals surface area contributed by atoms with Gasteiger partial charge < -0.3 is 9.42 Å². The standard InChI is InChI=1S/C16H18N4O2/c21-16(12-3-1-2-4-12)20-9-13(10-20)15-18-14(19-22-15)11-5-7-17-8-6-11/h5-8,12-13H,1-4,9-10H2. The number of carbonyl (C=O) groups is 1. The highest BCUT2D eigenvalue weighted by Gasteiger charge is 2.38. The van der Waals surface area contributed by atoms with E-state index in [4.69, 9.17) is 4.52 Å². The van der Waals surface area contributed by atoms with Crippen molar-refractivity contribution in [3.05, 3.63) is 30.4 Å². The van der Waals surface area contributed by atoms with Gasteiger partial charge in [-0.1, -0.05) is 18.0 Å². The third-order valence-corrected chi connectivity index (χ3v) is 4.63. The SMILES string of the molecule is O=C(C1CCCC1)N1CC(c2nc(-c3ccncc3)no2)C1. The molecule has 2 aliphatic rings. The summed E-state index contributed by atoms with van der Waals surface area (Å²) in [6.45, 7) is 1.40. The minimum atomic E-state index is 0.174. The van der Waals surface area contributed by atoms with Crippen LogP contribution in [0.2, 0.25) is 0 Å². The van der Waals surface area contributed by atoms with E-state index in [0.29, 0.717) is 30.7 Å². The summed E-state index contributed by atoms with van der Waals surface area (Å²) < 4.78 is 5.36. The average molecular weight is 298 g/mol. The lowest BCUT2D eigenvalue weighted by atomic mass is 9.96. The van der Waals surface area contributed by atoms with Crippen LogP contribution in [0.4, 0.5) is 0 Å². The quantitative estimate of drug-likeness (QED) is 0.869. The molecular weight excluding hydrogens is 280 g/mol. The van der Waals surface area contributed by atoms with E-state index in [2.05, 4.69) is 15.1 Å². The fourth-order valence-electron chi connectivity index (χ4n) is 3.26. The smallest absolute Gasteiger partial charge is 0.233 e. The van der Waals surface area contributed by atoms with E-state index in [9.17, 15) is 4.79 Å². The molecule has 2 aromatic rings. The van der Waals surface area contributed by atoms with Crippen molar-refractivity contribution in [3.63, 3.8) is 0 Å². The lowest BCUT2D eigenvalue weighted by Crippen LogP contribution is -2.50. The molecule has 0 spiro atoms. The predicted molar refractivity (Wildman–Crippen MR) is 78.8 cm³/mol. The second-order valence-corrected chi connectivity index (χ2v) is 6.11. The molecule has 0 radical (unpaired) electrons. The summed E-state index contributed by atoms with van der Waals surface area (Å²) >= 11 is 0. The van der Waals surface area contributed by atoms with Crippen LogP contribution in [0.1, 0.15) is 37.5 Å². The minimum absolute atomic E-state index is 0.174. The molecule has 1 saturated heterocycles. The van der Waals surface area contributed by atoms with E-state index in [1.165, 1.54) is 12.8 Å². The zero-order chi connectivity index (χ0) is 14.9. The van der Waals surface area contributed by atoms with Crippen LogP contribution >= 0.6 is 0 Å². The summed E-state index contributed by atoms with van der Waals surface area (Å²) in [7, 11) is 0. The van der Waals surface area contributed by atoms with Gasteiger partial charge in [0.1, 0.15) is 0 Å². The monoisotopic (exact) mass is 298 g/mol. The Bertz CT molecular complexity index is 658. The number of nitrogens with zero attached hydrogens (tertiary/aromatic N) is 4.